The first-order chi connectivity index (χ1) is 8.02. The van der Waals surface area contributed by atoms with E-state index in [-0.39, 0.29) is 16.4 Å². The number of alkyl halides is 1. The fourth-order valence-electron chi connectivity index (χ4n) is 1.94. The molecule has 92 valence electrons. The number of benzene rings is 1. The van der Waals surface area contributed by atoms with Crippen LogP contribution in [0.15, 0.2) is 12.1 Å². The lowest BCUT2D eigenvalue weighted by Crippen LogP contribution is -2.42. The monoisotopic (exact) mass is 303 g/mol. The zero-order chi connectivity index (χ0) is 12.6. The molecular weight excluding hydrogens is 292 g/mol. The third-order valence-electron chi connectivity index (χ3n) is 2.90. The molecule has 0 bridgehead atoms. The molecule has 0 N–H and O–H groups in total. The molecule has 1 aliphatic heterocycles. The molecule has 0 aromatic heterocycles. The van der Waals surface area contributed by atoms with Crippen molar-refractivity contribution in [1.82, 2.24) is 0 Å². The van der Waals surface area contributed by atoms with Crippen LogP contribution in [-0.4, -0.2) is 17.3 Å². The van der Waals surface area contributed by atoms with Crippen LogP contribution in [0.25, 0.3) is 0 Å². The molecule has 0 aliphatic carbocycles. The van der Waals surface area contributed by atoms with Crippen molar-refractivity contribution in [1.29, 1.82) is 0 Å². The first-order valence-electron chi connectivity index (χ1n) is 5.42. The molecule has 1 aliphatic rings. The van der Waals surface area contributed by atoms with Gasteiger partial charge in [-0.25, -0.2) is 8.78 Å². The number of anilines is 1. The van der Waals surface area contributed by atoms with E-state index in [2.05, 4.69) is 15.9 Å². The summed E-state index contributed by atoms with van der Waals surface area (Å²) in [4.78, 5) is 12.7. The summed E-state index contributed by atoms with van der Waals surface area (Å²) >= 11 is 3.22. The zero-order valence-electron chi connectivity index (χ0n) is 9.34. The van der Waals surface area contributed by atoms with Gasteiger partial charge >= 0.3 is 0 Å². The van der Waals surface area contributed by atoms with Gasteiger partial charge in [0.15, 0.2) is 5.82 Å². The van der Waals surface area contributed by atoms with Crippen LogP contribution in [0.3, 0.4) is 0 Å². The summed E-state index contributed by atoms with van der Waals surface area (Å²) in [6.07, 6.45) is 1.43. The Bertz CT molecular complexity index is 464. The molecule has 5 heteroatoms. The maximum absolute atomic E-state index is 13.9. The largest absolute Gasteiger partial charge is 0.306 e. The van der Waals surface area contributed by atoms with Crippen LogP contribution in [0.5, 0.6) is 0 Å². The number of halogens is 3. The quantitative estimate of drug-likeness (QED) is 0.730. The minimum absolute atomic E-state index is 0.223. The first kappa shape index (κ1) is 12.5. The summed E-state index contributed by atoms with van der Waals surface area (Å²) in [6, 6.07) is 2.56. The number of carbonyl (C=O) groups excluding carboxylic acids is 1. The highest BCUT2D eigenvalue weighted by Crippen LogP contribution is 2.30. The van der Waals surface area contributed by atoms with E-state index < -0.39 is 11.6 Å². The fourth-order valence-corrected chi connectivity index (χ4v) is 2.51. The van der Waals surface area contributed by atoms with Gasteiger partial charge in [0, 0.05) is 6.54 Å². The van der Waals surface area contributed by atoms with Crippen LogP contribution in [0.2, 0.25) is 0 Å². The van der Waals surface area contributed by atoms with Crippen molar-refractivity contribution in [3.8, 4) is 0 Å². The molecule has 0 spiro atoms. The van der Waals surface area contributed by atoms with Gasteiger partial charge in [0.25, 0.3) is 0 Å². The van der Waals surface area contributed by atoms with E-state index in [0.29, 0.717) is 18.5 Å². The summed E-state index contributed by atoms with van der Waals surface area (Å²) < 4.78 is 27.6. The number of nitrogens with zero attached hydrogens (tertiary/aromatic N) is 1. The van der Waals surface area contributed by atoms with Crippen molar-refractivity contribution in [3.63, 3.8) is 0 Å². The van der Waals surface area contributed by atoms with Gasteiger partial charge in [0.1, 0.15) is 11.5 Å². The van der Waals surface area contributed by atoms with Crippen molar-refractivity contribution in [2.45, 2.75) is 24.6 Å². The summed E-state index contributed by atoms with van der Waals surface area (Å²) in [7, 11) is 0. The van der Waals surface area contributed by atoms with Crippen LogP contribution in [0, 0.1) is 18.6 Å². The van der Waals surface area contributed by atoms with Crippen LogP contribution < -0.4 is 4.90 Å². The van der Waals surface area contributed by atoms with E-state index in [0.717, 1.165) is 6.42 Å². The van der Waals surface area contributed by atoms with E-state index in [1.54, 1.807) is 6.92 Å². The maximum Gasteiger partial charge on any atom is 0.240 e. The number of hydrogen-bond acceptors (Lipinski definition) is 1. The van der Waals surface area contributed by atoms with E-state index in [4.69, 9.17) is 0 Å². The topological polar surface area (TPSA) is 20.3 Å². The number of rotatable bonds is 1. The minimum atomic E-state index is -0.692. The maximum atomic E-state index is 13.9. The second-order valence-electron chi connectivity index (χ2n) is 4.13. The Morgan fingerprint density at radius 1 is 1.41 bits per heavy atom. The van der Waals surface area contributed by atoms with Gasteiger partial charge in [0.2, 0.25) is 5.91 Å². The van der Waals surface area contributed by atoms with Crippen molar-refractivity contribution in [2.24, 2.45) is 0 Å². The predicted molar refractivity (Wildman–Crippen MR) is 65.4 cm³/mol. The molecule has 17 heavy (non-hydrogen) atoms. The minimum Gasteiger partial charge on any atom is -0.306 e. The van der Waals surface area contributed by atoms with Gasteiger partial charge in [-0.3, -0.25) is 4.79 Å². The average Bonchev–Trinajstić information content (AvgIpc) is 2.30. The second-order valence-corrected chi connectivity index (χ2v) is 5.23. The molecule has 0 radical (unpaired) electrons. The molecule has 1 aromatic carbocycles. The third-order valence-corrected chi connectivity index (χ3v) is 3.75. The van der Waals surface area contributed by atoms with E-state index >= 15 is 0 Å². The van der Waals surface area contributed by atoms with Gasteiger partial charge in [0.05, 0.1) is 4.83 Å². The molecule has 1 fully saturated rings. The van der Waals surface area contributed by atoms with Gasteiger partial charge in [-0.1, -0.05) is 22.0 Å². The number of aryl methyl sites for hydroxylation is 1. The molecule has 1 unspecified atom stereocenters. The van der Waals surface area contributed by atoms with Gasteiger partial charge < -0.3 is 4.90 Å². The molecular formula is C12H12BrF2NO. The molecule has 2 nitrogen and oxygen atoms in total. The number of piperidine rings is 1. The van der Waals surface area contributed by atoms with Crippen molar-refractivity contribution >= 4 is 27.5 Å². The summed E-state index contributed by atoms with van der Waals surface area (Å²) in [6.45, 7) is 1.91. The standard InChI is InChI=1S/C12H12BrF2NO/c1-7-4-5-9(14)11(10(7)15)16-6-2-3-8(13)12(16)17/h4-5,8H,2-3,6H2,1H3. The van der Waals surface area contributed by atoms with Gasteiger partial charge in [-0.15, -0.1) is 0 Å². The van der Waals surface area contributed by atoms with Gasteiger partial charge in [-0.05, 0) is 31.4 Å². The molecule has 0 saturated carbocycles. The normalized spacial score (nSPS) is 20.8. The highest BCUT2D eigenvalue weighted by Gasteiger charge is 2.31. The van der Waals surface area contributed by atoms with E-state index in [9.17, 15) is 13.6 Å². The Labute approximate surface area is 107 Å². The third kappa shape index (κ3) is 2.20. The molecule has 2 rings (SSSR count). The zero-order valence-corrected chi connectivity index (χ0v) is 10.9. The molecule has 1 aromatic rings. The van der Waals surface area contributed by atoms with Crippen molar-refractivity contribution in [3.05, 3.63) is 29.3 Å². The number of amides is 1. The summed E-state index contributed by atoms with van der Waals surface area (Å²) in [5.74, 6) is -1.62. The van der Waals surface area contributed by atoms with Crippen molar-refractivity contribution in [2.75, 3.05) is 11.4 Å². The molecule has 1 saturated heterocycles. The average molecular weight is 304 g/mol. The van der Waals surface area contributed by atoms with Crippen LogP contribution in [-0.2, 0) is 4.79 Å². The molecule has 1 heterocycles. The van der Waals surface area contributed by atoms with Crippen molar-refractivity contribution < 1.29 is 13.6 Å². The fraction of sp³-hybridized carbons (Fsp3) is 0.417. The second kappa shape index (κ2) is 4.72. The molecule has 1 amide bonds. The Morgan fingerprint density at radius 3 is 2.82 bits per heavy atom. The Hall–Kier alpha value is -0.970. The summed E-state index contributed by atoms with van der Waals surface area (Å²) in [5, 5.41) is 0. The van der Waals surface area contributed by atoms with Crippen LogP contribution in [0.4, 0.5) is 14.5 Å². The highest BCUT2D eigenvalue weighted by atomic mass is 79.9. The smallest absolute Gasteiger partial charge is 0.240 e. The lowest BCUT2D eigenvalue weighted by molar-refractivity contribution is -0.118. The Balaban J connectivity index is 2.46. The number of carbonyl (C=O) groups is 1. The Kier molecular flexibility index (Phi) is 3.47. The van der Waals surface area contributed by atoms with E-state index in [1.807, 2.05) is 0 Å². The lowest BCUT2D eigenvalue weighted by Gasteiger charge is -2.30. The summed E-state index contributed by atoms with van der Waals surface area (Å²) in [5.41, 5.74) is 0.116. The first-order valence-corrected chi connectivity index (χ1v) is 6.34. The van der Waals surface area contributed by atoms with Gasteiger partial charge in [-0.2, -0.15) is 0 Å². The predicted octanol–water partition coefficient (Wildman–Crippen LogP) is 3.16. The SMILES string of the molecule is Cc1ccc(F)c(N2CCCC(Br)C2=O)c1F. The van der Waals surface area contributed by atoms with Crippen LogP contribution in [0.1, 0.15) is 18.4 Å². The van der Waals surface area contributed by atoms with E-state index in [1.165, 1.54) is 17.0 Å². The lowest BCUT2D eigenvalue weighted by atomic mass is 10.1. The number of hydrogen-bond donors (Lipinski definition) is 0. The highest BCUT2D eigenvalue weighted by molar-refractivity contribution is 9.10. The molecule has 1 atom stereocenters. The Morgan fingerprint density at radius 2 is 2.12 bits per heavy atom. The van der Waals surface area contributed by atoms with Crippen LogP contribution >= 0.6 is 15.9 Å².